The maximum absolute atomic E-state index is 11.5. The Hall–Kier alpha value is -0.870. The number of thiophene rings is 1. The standard InChI is InChI=1S/C11H15NO2S/c1-3-14-11(13)10-6-8-7-12(2)5-4-9(8)15-10/h6H,3-5,7H2,1-2H3. The fourth-order valence-corrected chi connectivity index (χ4v) is 2.83. The number of hydrogen-bond donors (Lipinski definition) is 0. The zero-order chi connectivity index (χ0) is 10.8. The highest BCUT2D eigenvalue weighted by molar-refractivity contribution is 7.14. The van der Waals surface area contributed by atoms with Crippen LogP contribution in [0.4, 0.5) is 0 Å². The molecule has 0 aromatic carbocycles. The van der Waals surface area contributed by atoms with E-state index in [1.165, 1.54) is 10.4 Å². The third-order valence-electron chi connectivity index (χ3n) is 2.53. The molecule has 0 saturated heterocycles. The maximum Gasteiger partial charge on any atom is 0.348 e. The summed E-state index contributed by atoms with van der Waals surface area (Å²) < 4.78 is 4.99. The summed E-state index contributed by atoms with van der Waals surface area (Å²) >= 11 is 1.58. The Kier molecular flexibility index (Phi) is 3.07. The molecule has 0 N–H and O–H groups in total. The number of rotatable bonds is 2. The van der Waals surface area contributed by atoms with E-state index in [9.17, 15) is 4.79 Å². The Bertz CT molecular complexity index is 373. The normalized spacial score (nSPS) is 16.1. The molecule has 0 bridgehead atoms. The van der Waals surface area contributed by atoms with Crippen molar-refractivity contribution in [2.45, 2.75) is 19.9 Å². The average Bonchev–Trinajstić information content (AvgIpc) is 2.60. The fourth-order valence-electron chi connectivity index (χ4n) is 1.78. The largest absolute Gasteiger partial charge is 0.462 e. The Labute approximate surface area is 93.7 Å². The summed E-state index contributed by atoms with van der Waals surface area (Å²) in [5.41, 5.74) is 1.29. The zero-order valence-electron chi connectivity index (χ0n) is 9.08. The quantitative estimate of drug-likeness (QED) is 0.720. The van der Waals surface area contributed by atoms with Gasteiger partial charge in [-0.3, -0.25) is 0 Å². The number of nitrogens with zero attached hydrogens (tertiary/aromatic N) is 1. The lowest BCUT2D eigenvalue weighted by molar-refractivity contribution is 0.0532. The van der Waals surface area contributed by atoms with Gasteiger partial charge in [0.05, 0.1) is 6.61 Å². The highest BCUT2D eigenvalue weighted by Gasteiger charge is 2.19. The first-order valence-corrected chi connectivity index (χ1v) is 5.99. The lowest BCUT2D eigenvalue weighted by atomic mass is 10.1. The van der Waals surface area contributed by atoms with Crippen molar-refractivity contribution in [1.29, 1.82) is 0 Å². The highest BCUT2D eigenvalue weighted by Crippen LogP contribution is 2.27. The molecular formula is C11H15NO2S. The van der Waals surface area contributed by atoms with E-state index < -0.39 is 0 Å². The minimum Gasteiger partial charge on any atom is -0.462 e. The van der Waals surface area contributed by atoms with Crippen LogP contribution in [0.5, 0.6) is 0 Å². The van der Waals surface area contributed by atoms with Crippen molar-refractivity contribution in [1.82, 2.24) is 4.90 Å². The zero-order valence-corrected chi connectivity index (χ0v) is 9.89. The molecule has 0 spiro atoms. The van der Waals surface area contributed by atoms with Crippen LogP contribution in [0.3, 0.4) is 0 Å². The van der Waals surface area contributed by atoms with Crippen molar-refractivity contribution in [3.05, 3.63) is 21.4 Å². The van der Waals surface area contributed by atoms with Gasteiger partial charge < -0.3 is 9.64 Å². The number of hydrogen-bond acceptors (Lipinski definition) is 4. The second-order valence-corrected chi connectivity index (χ2v) is 4.90. The monoisotopic (exact) mass is 225 g/mol. The van der Waals surface area contributed by atoms with Crippen molar-refractivity contribution in [3.63, 3.8) is 0 Å². The van der Waals surface area contributed by atoms with E-state index in [1.807, 2.05) is 13.0 Å². The lowest BCUT2D eigenvalue weighted by Crippen LogP contribution is -2.25. The number of esters is 1. The third-order valence-corrected chi connectivity index (χ3v) is 3.75. The molecule has 0 fully saturated rings. The predicted octanol–water partition coefficient (Wildman–Crippen LogP) is 1.91. The maximum atomic E-state index is 11.5. The summed E-state index contributed by atoms with van der Waals surface area (Å²) in [5.74, 6) is -0.181. The molecule has 4 heteroatoms. The predicted molar refractivity (Wildman–Crippen MR) is 60.3 cm³/mol. The van der Waals surface area contributed by atoms with E-state index in [0.29, 0.717) is 6.61 Å². The molecule has 0 unspecified atom stereocenters. The van der Waals surface area contributed by atoms with Crippen LogP contribution >= 0.6 is 11.3 Å². The Morgan fingerprint density at radius 1 is 1.67 bits per heavy atom. The van der Waals surface area contributed by atoms with Gasteiger partial charge in [-0.25, -0.2) is 4.79 Å². The molecule has 0 amide bonds. The van der Waals surface area contributed by atoms with Crippen molar-refractivity contribution in [2.24, 2.45) is 0 Å². The van der Waals surface area contributed by atoms with Gasteiger partial charge in [0.25, 0.3) is 0 Å². The molecule has 0 saturated carbocycles. The summed E-state index contributed by atoms with van der Waals surface area (Å²) in [4.78, 5) is 15.9. The molecule has 1 aromatic rings. The van der Waals surface area contributed by atoms with Gasteiger partial charge in [0, 0.05) is 18.0 Å². The van der Waals surface area contributed by atoms with Gasteiger partial charge in [-0.1, -0.05) is 0 Å². The smallest absolute Gasteiger partial charge is 0.348 e. The van der Waals surface area contributed by atoms with E-state index in [1.54, 1.807) is 11.3 Å². The average molecular weight is 225 g/mol. The van der Waals surface area contributed by atoms with Crippen molar-refractivity contribution in [2.75, 3.05) is 20.2 Å². The van der Waals surface area contributed by atoms with Crippen LogP contribution in [0.15, 0.2) is 6.07 Å². The SMILES string of the molecule is CCOC(=O)c1cc2c(s1)CCN(C)C2. The van der Waals surface area contributed by atoms with E-state index in [-0.39, 0.29) is 5.97 Å². The van der Waals surface area contributed by atoms with Crippen LogP contribution in [-0.2, 0) is 17.7 Å². The van der Waals surface area contributed by atoms with Crippen molar-refractivity contribution < 1.29 is 9.53 Å². The first-order chi connectivity index (χ1) is 7.20. The summed E-state index contributed by atoms with van der Waals surface area (Å²) in [7, 11) is 2.10. The van der Waals surface area contributed by atoms with Gasteiger partial charge in [-0.15, -0.1) is 11.3 Å². The minimum atomic E-state index is -0.181. The Morgan fingerprint density at radius 3 is 3.20 bits per heavy atom. The first-order valence-electron chi connectivity index (χ1n) is 5.18. The summed E-state index contributed by atoms with van der Waals surface area (Å²) in [6.07, 6.45) is 1.05. The Morgan fingerprint density at radius 2 is 2.47 bits per heavy atom. The molecule has 2 heterocycles. The van der Waals surface area contributed by atoms with Crippen LogP contribution in [0.1, 0.15) is 27.0 Å². The van der Waals surface area contributed by atoms with E-state index in [0.717, 1.165) is 24.4 Å². The van der Waals surface area contributed by atoms with Crippen LogP contribution in [-0.4, -0.2) is 31.1 Å². The molecule has 1 aromatic heterocycles. The number of carbonyl (C=O) groups excluding carboxylic acids is 1. The van der Waals surface area contributed by atoms with Gasteiger partial charge in [0.15, 0.2) is 0 Å². The summed E-state index contributed by atoms with van der Waals surface area (Å²) in [5, 5.41) is 0. The minimum absolute atomic E-state index is 0.181. The van der Waals surface area contributed by atoms with Gasteiger partial charge in [-0.2, -0.15) is 0 Å². The lowest BCUT2D eigenvalue weighted by Gasteiger charge is -2.21. The topological polar surface area (TPSA) is 29.5 Å². The number of carbonyl (C=O) groups is 1. The molecule has 2 rings (SSSR count). The van der Waals surface area contributed by atoms with Crippen LogP contribution < -0.4 is 0 Å². The van der Waals surface area contributed by atoms with Gasteiger partial charge in [0.1, 0.15) is 4.88 Å². The van der Waals surface area contributed by atoms with Crippen LogP contribution in [0.2, 0.25) is 0 Å². The van der Waals surface area contributed by atoms with Crippen LogP contribution in [0, 0.1) is 0 Å². The van der Waals surface area contributed by atoms with Gasteiger partial charge in [-0.05, 0) is 32.0 Å². The molecule has 0 atom stereocenters. The van der Waals surface area contributed by atoms with Crippen LogP contribution in [0.25, 0.3) is 0 Å². The summed E-state index contributed by atoms with van der Waals surface area (Å²) in [6.45, 7) is 4.31. The second-order valence-electron chi connectivity index (χ2n) is 3.77. The fraction of sp³-hybridized carbons (Fsp3) is 0.545. The van der Waals surface area contributed by atoms with Gasteiger partial charge in [0.2, 0.25) is 0 Å². The van der Waals surface area contributed by atoms with Crippen molar-refractivity contribution >= 4 is 17.3 Å². The molecule has 82 valence electrons. The molecular weight excluding hydrogens is 210 g/mol. The molecule has 1 aliphatic rings. The molecule has 15 heavy (non-hydrogen) atoms. The number of ether oxygens (including phenoxy) is 1. The molecule has 1 aliphatic heterocycles. The van der Waals surface area contributed by atoms with E-state index in [4.69, 9.17) is 4.74 Å². The summed E-state index contributed by atoms with van der Waals surface area (Å²) in [6, 6.07) is 1.98. The molecule has 3 nitrogen and oxygen atoms in total. The molecule has 0 aliphatic carbocycles. The van der Waals surface area contributed by atoms with Gasteiger partial charge >= 0.3 is 5.97 Å². The highest BCUT2D eigenvalue weighted by atomic mass is 32.1. The second kappa shape index (κ2) is 4.33. The van der Waals surface area contributed by atoms with E-state index >= 15 is 0 Å². The van der Waals surface area contributed by atoms with E-state index in [2.05, 4.69) is 11.9 Å². The molecule has 0 radical (unpaired) electrons. The van der Waals surface area contributed by atoms with Crippen molar-refractivity contribution in [3.8, 4) is 0 Å². The Balaban J connectivity index is 2.19. The first kappa shape index (κ1) is 10.6. The third kappa shape index (κ3) is 2.21. The number of likely N-dealkylation sites (N-methyl/N-ethyl adjacent to an activating group) is 1. The number of fused-ring (bicyclic) bond motifs is 1.